The molecular formula is C70H44. The first kappa shape index (κ1) is 40.0. The molecule has 0 unspecified atom stereocenters. The Kier molecular flexibility index (Phi) is 9.32. The predicted octanol–water partition coefficient (Wildman–Crippen LogP) is 19.8. The number of hydrogen-bond donors (Lipinski definition) is 0. The normalized spacial score (nSPS) is 11.7. The quantitative estimate of drug-likeness (QED) is 0.146. The van der Waals surface area contributed by atoms with Gasteiger partial charge in [-0.25, -0.2) is 0 Å². The van der Waals surface area contributed by atoms with E-state index in [0.29, 0.717) is 0 Å². The summed E-state index contributed by atoms with van der Waals surface area (Å²) in [6.07, 6.45) is 0. The van der Waals surface area contributed by atoms with Gasteiger partial charge in [0.1, 0.15) is 0 Å². The van der Waals surface area contributed by atoms with Crippen molar-refractivity contribution in [1.29, 1.82) is 0 Å². The van der Waals surface area contributed by atoms with E-state index in [4.69, 9.17) is 0 Å². The smallest absolute Gasteiger partial charge is 0.00201 e. The van der Waals surface area contributed by atoms with Gasteiger partial charge in [-0.2, -0.15) is 0 Å². The van der Waals surface area contributed by atoms with Gasteiger partial charge in [0, 0.05) is 0 Å². The summed E-state index contributed by atoms with van der Waals surface area (Å²) in [7, 11) is 0. The molecule has 14 aromatic rings. The molecule has 0 spiro atoms. The molecule has 0 saturated carbocycles. The number of fused-ring (bicyclic) bond motifs is 7. The summed E-state index contributed by atoms with van der Waals surface area (Å²) in [5.41, 5.74) is 14.9. The van der Waals surface area contributed by atoms with Gasteiger partial charge in [-0.1, -0.05) is 261 Å². The van der Waals surface area contributed by atoms with Gasteiger partial charge >= 0.3 is 0 Å². The monoisotopic (exact) mass is 884 g/mol. The van der Waals surface area contributed by atoms with Crippen LogP contribution in [0, 0.1) is 0 Å². The lowest BCUT2D eigenvalue weighted by Gasteiger charge is -2.19. The van der Waals surface area contributed by atoms with Crippen molar-refractivity contribution in [2.75, 3.05) is 0 Å². The van der Waals surface area contributed by atoms with Crippen LogP contribution >= 0.6 is 0 Å². The standard InChI is InChI=1S/C70H44/c1-3-21-53-46(16-1)18-14-32-56(53)69-62-27-9-5-23-58(62)67(59-24-6-10-28-63(59)69)50-39-34-45(35-40-50)52-43-38-48-20-13-31-55(66(48)44-52)49-36-41-51(42-37-49)68-60-25-7-11-29-64(60)70(65-30-12-8-26-61(65)68)57-33-15-19-47-17-2-4-22-54(47)57/h1-44H. The lowest BCUT2D eigenvalue weighted by Crippen LogP contribution is -1.92. The van der Waals surface area contributed by atoms with Gasteiger partial charge in [0.15, 0.2) is 0 Å². The van der Waals surface area contributed by atoms with Gasteiger partial charge in [-0.05, 0) is 148 Å². The molecule has 0 amide bonds. The van der Waals surface area contributed by atoms with Crippen LogP contribution in [0.3, 0.4) is 0 Å². The van der Waals surface area contributed by atoms with E-state index in [1.807, 2.05) is 0 Å². The van der Waals surface area contributed by atoms with Crippen LogP contribution in [0.5, 0.6) is 0 Å². The van der Waals surface area contributed by atoms with Crippen LogP contribution in [0.4, 0.5) is 0 Å². The summed E-state index contributed by atoms with van der Waals surface area (Å²) < 4.78 is 0. The Morgan fingerprint density at radius 1 is 0.143 bits per heavy atom. The third-order valence-corrected chi connectivity index (χ3v) is 14.9. The third-order valence-electron chi connectivity index (χ3n) is 14.9. The fraction of sp³-hybridized carbons (Fsp3) is 0. The van der Waals surface area contributed by atoms with Crippen LogP contribution in [-0.4, -0.2) is 0 Å². The minimum Gasteiger partial charge on any atom is -0.0616 e. The molecule has 0 aliphatic heterocycles. The second kappa shape index (κ2) is 16.3. The zero-order valence-electron chi connectivity index (χ0n) is 38.4. The Labute approximate surface area is 407 Å². The average molecular weight is 885 g/mol. The summed E-state index contributed by atoms with van der Waals surface area (Å²) in [4.78, 5) is 0. The topological polar surface area (TPSA) is 0 Å². The molecule has 0 atom stereocenters. The van der Waals surface area contributed by atoms with E-state index in [9.17, 15) is 0 Å². The predicted molar refractivity (Wildman–Crippen MR) is 302 cm³/mol. The van der Waals surface area contributed by atoms with Crippen molar-refractivity contribution in [3.05, 3.63) is 267 Å². The highest BCUT2D eigenvalue weighted by Gasteiger charge is 2.20. The molecule has 0 fully saturated rings. The van der Waals surface area contributed by atoms with Crippen LogP contribution < -0.4 is 0 Å². The summed E-state index contributed by atoms with van der Waals surface area (Å²) in [6.45, 7) is 0. The maximum Gasteiger partial charge on any atom is -0.00201 e. The lowest BCUT2D eigenvalue weighted by molar-refractivity contribution is 1.61. The molecule has 14 rings (SSSR count). The van der Waals surface area contributed by atoms with Gasteiger partial charge in [0.05, 0.1) is 0 Å². The van der Waals surface area contributed by atoms with Crippen molar-refractivity contribution in [2.45, 2.75) is 0 Å². The molecule has 0 saturated heterocycles. The first-order chi connectivity index (χ1) is 34.7. The van der Waals surface area contributed by atoms with Gasteiger partial charge in [-0.15, -0.1) is 0 Å². The molecule has 0 heterocycles. The zero-order chi connectivity index (χ0) is 46.1. The average Bonchev–Trinajstić information content (AvgIpc) is 3.43. The summed E-state index contributed by atoms with van der Waals surface area (Å²) in [6, 6.07) is 98.8. The minimum absolute atomic E-state index is 1.20. The highest BCUT2D eigenvalue weighted by molar-refractivity contribution is 6.25. The van der Waals surface area contributed by atoms with Crippen molar-refractivity contribution in [3.63, 3.8) is 0 Å². The fourth-order valence-corrected chi connectivity index (χ4v) is 11.7. The van der Waals surface area contributed by atoms with Crippen LogP contribution in [0.15, 0.2) is 267 Å². The molecular weight excluding hydrogens is 841 g/mol. The van der Waals surface area contributed by atoms with Gasteiger partial charge < -0.3 is 0 Å². The van der Waals surface area contributed by atoms with Gasteiger partial charge in [0.25, 0.3) is 0 Å². The Balaban J connectivity index is 0.848. The summed E-state index contributed by atoms with van der Waals surface area (Å²) >= 11 is 0. The van der Waals surface area contributed by atoms with Gasteiger partial charge in [0.2, 0.25) is 0 Å². The van der Waals surface area contributed by atoms with Crippen molar-refractivity contribution in [3.8, 4) is 66.8 Å². The maximum atomic E-state index is 2.38. The Morgan fingerprint density at radius 2 is 0.429 bits per heavy atom. The van der Waals surface area contributed by atoms with Crippen LogP contribution in [0.2, 0.25) is 0 Å². The van der Waals surface area contributed by atoms with Crippen molar-refractivity contribution in [1.82, 2.24) is 0 Å². The fourth-order valence-electron chi connectivity index (χ4n) is 11.7. The number of rotatable bonds is 6. The van der Waals surface area contributed by atoms with Crippen molar-refractivity contribution >= 4 is 75.4 Å². The molecule has 0 aliphatic carbocycles. The first-order valence-electron chi connectivity index (χ1n) is 24.3. The van der Waals surface area contributed by atoms with E-state index in [2.05, 4.69) is 267 Å². The minimum atomic E-state index is 1.20. The van der Waals surface area contributed by atoms with Crippen LogP contribution in [0.1, 0.15) is 0 Å². The zero-order valence-corrected chi connectivity index (χ0v) is 38.4. The van der Waals surface area contributed by atoms with Crippen molar-refractivity contribution < 1.29 is 0 Å². The number of hydrogen-bond acceptors (Lipinski definition) is 0. The SMILES string of the molecule is c1cc(-c2ccc(-c3c4ccccc4c(-c4cccc5ccccc45)c4ccccc34)cc2)c2cc(-c3ccc(-c4c5ccccc5c(-c5cccc6ccccc56)c5ccccc45)cc3)ccc2c1. The van der Waals surface area contributed by atoms with E-state index in [0.717, 1.165) is 0 Å². The Morgan fingerprint density at radius 3 is 0.843 bits per heavy atom. The second-order valence-electron chi connectivity index (χ2n) is 18.6. The van der Waals surface area contributed by atoms with E-state index < -0.39 is 0 Å². The molecule has 0 aliphatic rings. The highest BCUT2D eigenvalue weighted by atomic mass is 14.2. The highest BCUT2D eigenvalue weighted by Crippen LogP contribution is 2.48. The van der Waals surface area contributed by atoms with E-state index >= 15 is 0 Å². The van der Waals surface area contributed by atoms with Crippen LogP contribution in [0.25, 0.3) is 142 Å². The molecule has 0 nitrogen and oxygen atoms in total. The maximum absolute atomic E-state index is 2.38. The van der Waals surface area contributed by atoms with E-state index in [1.54, 1.807) is 0 Å². The largest absolute Gasteiger partial charge is 0.0616 e. The second-order valence-corrected chi connectivity index (χ2v) is 18.6. The third kappa shape index (κ3) is 6.38. The Bertz CT molecular complexity index is 4260. The molecule has 0 aromatic heterocycles. The summed E-state index contributed by atoms with van der Waals surface area (Å²) in [5.74, 6) is 0. The molecule has 14 aromatic carbocycles. The molecule has 0 heteroatoms. The Hall–Kier alpha value is -9.10. The number of benzene rings is 14. The van der Waals surface area contributed by atoms with Crippen molar-refractivity contribution in [2.24, 2.45) is 0 Å². The summed E-state index contributed by atoms with van der Waals surface area (Å²) in [5, 5.41) is 17.6. The molecule has 0 N–H and O–H groups in total. The molecule has 0 radical (unpaired) electrons. The molecule has 324 valence electrons. The molecule has 0 bridgehead atoms. The first-order valence-corrected chi connectivity index (χ1v) is 24.3. The van der Waals surface area contributed by atoms with Crippen LogP contribution in [-0.2, 0) is 0 Å². The lowest BCUT2D eigenvalue weighted by atomic mass is 9.84. The van der Waals surface area contributed by atoms with Gasteiger partial charge in [-0.3, -0.25) is 0 Å². The van der Waals surface area contributed by atoms with E-state index in [-0.39, 0.29) is 0 Å². The molecule has 70 heavy (non-hydrogen) atoms. The van der Waals surface area contributed by atoms with E-state index in [1.165, 1.54) is 142 Å².